The Morgan fingerprint density at radius 1 is 1.36 bits per heavy atom. The number of nitro groups is 1. The van der Waals surface area contributed by atoms with E-state index in [1.807, 2.05) is 0 Å². The average Bonchev–Trinajstić information content (AvgIpc) is 2.54. The van der Waals surface area contributed by atoms with Crippen LogP contribution < -0.4 is 4.89 Å². The van der Waals surface area contributed by atoms with Gasteiger partial charge in [-0.25, -0.2) is 4.79 Å². The van der Waals surface area contributed by atoms with Crippen molar-refractivity contribution >= 4 is 19.5 Å². The van der Waals surface area contributed by atoms with Crippen LogP contribution in [0.4, 0.5) is 5.69 Å². The lowest BCUT2D eigenvalue weighted by Gasteiger charge is -2.16. The average molecular weight is 376 g/mol. The largest absolute Gasteiger partial charge is 0.756 e. The van der Waals surface area contributed by atoms with E-state index in [2.05, 4.69) is 9.05 Å². The molecule has 0 radical (unpaired) electrons. The van der Waals surface area contributed by atoms with Gasteiger partial charge in [-0.15, -0.1) is 0 Å². The molecular formula is C14H19NO9P-. The van der Waals surface area contributed by atoms with E-state index >= 15 is 0 Å². The van der Waals surface area contributed by atoms with Crippen molar-refractivity contribution in [2.24, 2.45) is 0 Å². The first-order chi connectivity index (χ1) is 11.5. The van der Waals surface area contributed by atoms with Gasteiger partial charge in [-0.1, -0.05) is 12.1 Å². The van der Waals surface area contributed by atoms with Crippen molar-refractivity contribution in [2.45, 2.75) is 20.0 Å². The van der Waals surface area contributed by atoms with E-state index in [0.29, 0.717) is 5.56 Å². The van der Waals surface area contributed by atoms with Crippen LogP contribution >= 0.6 is 7.82 Å². The standard InChI is InChI=1S/C12H13NO5.C2H7O4P/c1-8(14)6-12(15)18-9(2)10-4-3-5-11(7-10)13(16)17;1-5-7(3,4)6-2/h3-7,9,14H,1-2H3;1-2H3,(H,3,4)/p-1/b8-6-;. The smallest absolute Gasteiger partial charge is 0.334 e. The minimum absolute atomic E-state index is 0.0655. The van der Waals surface area contributed by atoms with Gasteiger partial charge in [0, 0.05) is 26.4 Å². The molecule has 0 aliphatic rings. The molecule has 1 aromatic carbocycles. The number of benzene rings is 1. The van der Waals surface area contributed by atoms with Crippen molar-refractivity contribution in [3.63, 3.8) is 0 Å². The Kier molecular flexibility index (Phi) is 9.62. The Morgan fingerprint density at radius 3 is 2.32 bits per heavy atom. The Morgan fingerprint density at radius 2 is 1.92 bits per heavy atom. The highest BCUT2D eigenvalue weighted by molar-refractivity contribution is 7.45. The molecule has 0 fully saturated rings. The molecule has 0 saturated heterocycles. The van der Waals surface area contributed by atoms with Crippen LogP contribution in [-0.4, -0.2) is 30.2 Å². The Balaban J connectivity index is 0.000000697. The molecule has 1 rings (SSSR count). The summed E-state index contributed by atoms with van der Waals surface area (Å²) in [5.41, 5.74) is 0.450. The number of allylic oxidation sites excluding steroid dienone is 1. The fraction of sp³-hybridized carbons (Fsp3) is 0.357. The van der Waals surface area contributed by atoms with Crippen LogP contribution in [0.15, 0.2) is 36.1 Å². The maximum atomic E-state index is 11.3. The summed E-state index contributed by atoms with van der Waals surface area (Å²) in [6, 6.07) is 5.84. The maximum absolute atomic E-state index is 11.3. The first-order valence-electron chi connectivity index (χ1n) is 6.77. The van der Waals surface area contributed by atoms with Crippen LogP contribution in [0.1, 0.15) is 25.5 Å². The van der Waals surface area contributed by atoms with Crippen LogP contribution in [0.5, 0.6) is 0 Å². The van der Waals surface area contributed by atoms with Crippen molar-refractivity contribution < 1.29 is 38.1 Å². The molecule has 0 aliphatic heterocycles. The Bertz CT molecular complexity index is 662. The van der Waals surface area contributed by atoms with Crippen LogP contribution in [0.2, 0.25) is 0 Å². The van der Waals surface area contributed by atoms with Crippen LogP contribution in [0.3, 0.4) is 0 Å². The van der Waals surface area contributed by atoms with Crippen molar-refractivity contribution in [1.82, 2.24) is 0 Å². The molecular weight excluding hydrogens is 357 g/mol. The second kappa shape index (κ2) is 10.6. The van der Waals surface area contributed by atoms with Gasteiger partial charge in [0.15, 0.2) is 0 Å². The molecule has 1 N–H and O–H groups in total. The fourth-order valence-corrected chi connectivity index (χ4v) is 1.56. The zero-order chi connectivity index (χ0) is 19.6. The SMILES string of the molecule is C/C(O)=C/C(=O)OC(C)c1cccc([N+](=O)[O-])c1.COP(=O)([O-])OC. The van der Waals surface area contributed by atoms with Crippen molar-refractivity contribution in [3.05, 3.63) is 51.8 Å². The van der Waals surface area contributed by atoms with Gasteiger partial charge in [0.1, 0.15) is 6.10 Å². The van der Waals surface area contributed by atoms with Gasteiger partial charge in [0.25, 0.3) is 13.5 Å². The summed E-state index contributed by atoms with van der Waals surface area (Å²) >= 11 is 0. The second-order valence-electron chi connectivity index (χ2n) is 4.53. The van der Waals surface area contributed by atoms with Gasteiger partial charge in [0.2, 0.25) is 0 Å². The summed E-state index contributed by atoms with van der Waals surface area (Å²) in [4.78, 5) is 31.3. The number of esters is 1. The molecule has 0 heterocycles. The number of hydrogen-bond acceptors (Lipinski definition) is 9. The molecule has 0 aliphatic carbocycles. The molecule has 25 heavy (non-hydrogen) atoms. The van der Waals surface area contributed by atoms with Crippen LogP contribution in [-0.2, 0) is 23.1 Å². The van der Waals surface area contributed by atoms with E-state index in [0.717, 1.165) is 20.3 Å². The number of nitro benzene ring substituents is 1. The zero-order valence-corrected chi connectivity index (χ0v) is 15.0. The van der Waals surface area contributed by atoms with Gasteiger partial charge in [0.05, 0.1) is 16.8 Å². The molecule has 1 unspecified atom stereocenters. The minimum Gasteiger partial charge on any atom is -0.756 e. The number of hydrogen-bond donors (Lipinski definition) is 1. The van der Waals surface area contributed by atoms with E-state index in [4.69, 9.17) is 9.84 Å². The zero-order valence-electron chi connectivity index (χ0n) is 14.1. The highest BCUT2D eigenvalue weighted by Gasteiger charge is 2.13. The van der Waals surface area contributed by atoms with Crippen molar-refractivity contribution in [1.29, 1.82) is 0 Å². The molecule has 0 aromatic heterocycles. The highest BCUT2D eigenvalue weighted by Crippen LogP contribution is 2.34. The molecule has 1 atom stereocenters. The molecule has 11 heteroatoms. The number of aliphatic hydroxyl groups is 1. The number of phosphoric acid groups is 1. The third-order valence-corrected chi connectivity index (χ3v) is 3.51. The summed E-state index contributed by atoms with van der Waals surface area (Å²) in [6.45, 7) is 2.94. The molecule has 0 saturated carbocycles. The lowest BCUT2D eigenvalue weighted by atomic mass is 10.1. The number of nitrogens with zero attached hydrogens (tertiary/aromatic N) is 1. The number of non-ortho nitro benzene ring substituents is 1. The number of carbonyl (C=O) groups excluding carboxylic acids is 1. The summed E-state index contributed by atoms with van der Waals surface area (Å²) in [5.74, 6) is -0.861. The topological polar surface area (TPSA) is 148 Å². The van der Waals surface area contributed by atoms with E-state index < -0.39 is 24.8 Å². The molecule has 0 amide bonds. The van der Waals surface area contributed by atoms with Crippen molar-refractivity contribution in [3.8, 4) is 0 Å². The molecule has 140 valence electrons. The summed E-state index contributed by atoms with van der Waals surface area (Å²) in [6.07, 6.45) is 0.307. The van der Waals surface area contributed by atoms with Gasteiger partial charge in [-0.2, -0.15) is 0 Å². The van der Waals surface area contributed by atoms with Crippen LogP contribution in [0, 0.1) is 10.1 Å². The molecule has 0 bridgehead atoms. The summed E-state index contributed by atoms with van der Waals surface area (Å²) < 4.78 is 22.7. The van der Waals surface area contributed by atoms with Crippen molar-refractivity contribution in [2.75, 3.05) is 14.2 Å². The lowest BCUT2D eigenvalue weighted by molar-refractivity contribution is -0.385. The normalized spacial score (nSPS) is 12.6. The quantitative estimate of drug-likeness (QED) is 0.197. The van der Waals surface area contributed by atoms with E-state index in [-0.39, 0.29) is 11.4 Å². The summed E-state index contributed by atoms with van der Waals surface area (Å²) in [5, 5.41) is 19.5. The fourth-order valence-electron chi connectivity index (χ4n) is 1.41. The first-order valence-corrected chi connectivity index (χ1v) is 8.23. The van der Waals surface area contributed by atoms with Gasteiger partial charge < -0.3 is 23.8 Å². The number of carbonyl (C=O) groups is 1. The van der Waals surface area contributed by atoms with Gasteiger partial charge in [-0.05, 0) is 19.4 Å². The second-order valence-corrected chi connectivity index (χ2v) is 6.15. The number of rotatable bonds is 6. The third-order valence-electron chi connectivity index (χ3n) is 2.62. The third kappa shape index (κ3) is 9.58. The highest BCUT2D eigenvalue weighted by atomic mass is 31.2. The van der Waals surface area contributed by atoms with E-state index in [1.165, 1.54) is 25.1 Å². The molecule has 0 spiro atoms. The first kappa shape index (κ1) is 22.7. The Hall–Kier alpha value is -2.26. The molecule has 1 aromatic rings. The van der Waals surface area contributed by atoms with Gasteiger partial charge >= 0.3 is 5.97 Å². The lowest BCUT2D eigenvalue weighted by Crippen LogP contribution is -2.07. The number of phosphoric ester groups is 1. The van der Waals surface area contributed by atoms with E-state index in [1.54, 1.807) is 13.0 Å². The van der Waals surface area contributed by atoms with E-state index in [9.17, 15) is 24.4 Å². The number of ether oxygens (including phenoxy) is 1. The monoisotopic (exact) mass is 376 g/mol. The predicted molar refractivity (Wildman–Crippen MR) is 85.6 cm³/mol. The van der Waals surface area contributed by atoms with Crippen LogP contribution in [0.25, 0.3) is 0 Å². The predicted octanol–water partition coefficient (Wildman–Crippen LogP) is 2.41. The number of aliphatic hydroxyl groups excluding tert-OH is 1. The summed E-state index contributed by atoms with van der Waals surface area (Å²) in [7, 11) is -1.83. The maximum Gasteiger partial charge on any atom is 0.334 e. The van der Waals surface area contributed by atoms with Gasteiger partial charge in [-0.3, -0.25) is 14.7 Å². The Labute approximate surface area is 144 Å². The minimum atomic E-state index is -3.90. The molecule has 10 nitrogen and oxygen atoms in total.